The third kappa shape index (κ3) is 4.27. The topological polar surface area (TPSA) is 64.7 Å². The number of para-hydroxylation sites is 1. The van der Waals surface area contributed by atoms with Crippen molar-refractivity contribution in [2.75, 3.05) is 6.54 Å². The monoisotopic (exact) mass is 365 g/mol. The van der Waals surface area contributed by atoms with Crippen LogP contribution in [0.5, 0.6) is 0 Å². The summed E-state index contributed by atoms with van der Waals surface area (Å²) < 4.78 is 3.84. The van der Waals surface area contributed by atoms with Crippen LogP contribution in [0.15, 0.2) is 42.6 Å². The molecule has 1 atom stereocenters. The van der Waals surface area contributed by atoms with Crippen LogP contribution in [0.4, 0.5) is 0 Å². The Bertz CT molecular complexity index is 910. The molecule has 0 aliphatic rings. The summed E-state index contributed by atoms with van der Waals surface area (Å²) >= 11 is 0. The van der Waals surface area contributed by atoms with Crippen LogP contribution in [-0.2, 0) is 13.0 Å². The Hall–Kier alpha value is -2.89. The van der Waals surface area contributed by atoms with Gasteiger partial charge in [-0.3, -0.25) is 9.48 Å². The maximum Gasteiger partial charge on any atom is 0.254 e. The van der Waals surface area contributed by atoms with Crippen LogP contribution in [0, 0.1) is 19.8 Å². The molecular weight excluding hydrogens is 338 g/mol. The second-order valence-electron chi connectivity index (χ2n) is 7.03. The Morgan fingerprint density at radius 3 is 2.59 bits per heavy atom. The summed E-state index contributed by atoms with van der Waals surface area (Å²) in [6, 6.07) is 12.0. The second-order valence-corrected chi connectivity index (χ2v) is 7.03. The van der Waals surface area contributed by atoms with Gasteiger partial charge in [0.05, 0.1) is 28.8 Å². The number of benzene rings is 1. The Morgan fingerprint density at radius 2 is 1.96 bits per heavy atom. The van der Waals surface area contributed by atoms with Crippen LogP contribution in [0.25, 0.3) is 5.69 Å². The van der Waals surface area contributed by atoms with E-state index in [1.165, 1.54) is 0 Å². The van der Waals surface area contributed by atoms with E-state index in [0.29, 0.717) is 12.1 Å². The lowest BCUT2D eigenvalue weighted by Gasteiger charge is -2.14. The van der Waals surface area contributed by atoms with Crippen molar-refractivity contribution in [3.8, 4) is 5.69 Å². The molecule has 2 aromatic heterocycles. The van der Waals surface area contributed by atoms with Gasteiger partial charge in [-0.1, -0.05) is 32.0 Å². The molecule has 3 rings (SSSR count). The predicted octanol–water partition coefficient (Wildman–Crippen LogP) is 3.31. The molecule has 0 aliphatic carbocycles. The highest BCUT2D eigenvalue weighted by atomic mass is 16.1. The molecule has 6 nitrogen and oxygen atoms in total. The average Bonchev–Trinajstić information content (AvgIpc) is 3.23. The third-order valence-electron chi connectivity index (χ3n) is 4.65. The minimum absolute atomic E-state index is 0.0748. The van der Waals surface area contributed by atoms with Gasteiger partial charge in [-0.05, 0) is 44.4 Å². The van der Waals surface area contributed by atoms with Gasteiger partial charge in [0.1, 0.15) is 0 Å². The Labute approximate surface area is 160 Å². The van der Waals surface area contributed by atoms with Crippen LogP contribution in [0.3, 0.4) is 0 Å². The Kier molecular flexibility index (Phi) is 5.74. The zero-order chi connectivity index (χ0) is 19.4. The van der Waals surface area contributed by atoms with E-state index in [-0.39, 0.29) is 11.8 Å². The van der Waals surface area contributed by atoms with Gasteiger partial charge >= 0.3 is 0 Å². The number of hydrogen-bond acceptors (Lipinski definition) is 3. The molecule has 0 aliphatic heterocycles. The molecule has 6 heteroatoms. The lowest BCUT2D eigenvalue weighted by Crippen LogP contribution is -2.30. The summed E-state index contributed by atoms with van der Waals surface area (Å²) in [6.07, 6.45) is 2.39. The maximum atomic E-state index is 12.7. The molecule has 0 spiro atoms. The minimum atomic E-state index is -0.0748. The highest BCUT2D eigenvalue weighted by molar-refractivity contribution is 5.95. The molecule has 1 amide bonds. The lowest BCUT2D eigenvalue weighted by atomic mass is 10.1. The first-order valence-electron chi connectivity index (χ1n) is 9.41. The zero-order valence-electron chi connectivity index (χ0n) is 16.4. The fourth-order valence-corrected chi connectivity index (χ4v) is 3.28. The summed E-state index contributed by atoms with van der Waals surface area (Å²) in [5, 5.41) is 12.0. The summed E-state index contributed by atoms with van der Waals surface area (Å²) in [5.41, 5.74) is 4.68. The third-order valence-corrected chi connectivity index (χ3v) is 4.65. The summed E-state index contributed by atoms with van der Waals surface area (Å²) in [4.78, 5) is 12.7. The smallest absolute Gasteiger partial charge is 0.254 e. The number of amides is 1. The molecule has 3 aromatic rings. The molecule has 1 unspecified atom stereocenters. The van der Waals surface area contributed by atoms with Crippen molar-refractivity contribution in [3.05, 3.63) is 65.2 Å². The molecule has 0 bridgehead atoms. The molecule has 0 saturated heterocycles. The first-order valence-corrected chi connectivity index (χ1v) is 9.41. The number of nitrogens with one attached hydrogen (secondary N) is 1. The van der Waals surface area contributed by atoms with Crippen LogP contribution < -0.4 is 5.32 Å². The summed E-state index contributed by atoms with van der Waals surface area (Å²) in [6.45, 7) is 9.58. The van der Waals surface area contributed by atoms with Crippen molar-refractivity contribution in [2.45, 2.75) is 40.7 Å². The Balaban J connectivity index is 1.66. The maximum absolute atomic E-state index is 12.7. The standard InChI is InChI=1S/C21H27N5O/c1-5-20-19(13-23-26(20)18-9-7-6-8-10-18)21(27)22-12-15(2)14-25-17(4)11-16(3)24-25/h6-11,13,15H,5,12,14H2,1-4H3,(H,22,27). The fourth-order valence-electron chi connectivity index (χ4n) is 3.28. The van der Waals surface area contributed by atoms with E-state index < -0.39 is 0 Å². The number of aryl methyl sites for hydroxylation is 2. The van der Waals surface area contributed by atoms with Crippen LogP contribution in [0.1, 0.15) is 41.3 Å². The number of hydrogen-bond donors (Lipinski definition) is 1. The molecule has 0 fully saturated rings. The van der Waals surface area contributed by atoms with Crippen molar-refractivity contribution in [2.24, 2.45) is 5.92 Å². The predicted molar refractivity (Wildman–Crippen MR) is 106 cm³/mol. The fraction of sp³-hybridized carbons (Fsp3) is 0.381. The molecular formula is C21H27N5O. The van der Waals surface area contributed by atoms with Gasteiger partial charge in [0, 0.05) is 18.8 Å². The van der Waals surface area contributed by atoms with E-state index in [2.05, 4.69) is 35.4 Å². The van der Waals surface area contributed by atoms with Gasteiger partial charge in [-0.25, -0.2) is 4.68 Å². The number of carbonyl (C=O) groups is 1. The normalized spacial score (nSPS) is 12.1. The number of rotatable bonds is 7. The molecule has 0 radical (unpaired) electrons. The van der Waals surface area contributed by atoms with Gasteiger partial charge in [0.25, 0.3) is 5.91 Å². The van der Waals surface area contributed by atoms with Crippen molar-refractivity contribution in [1.29, 1.82) is 0 Å². The summed E-state index contributed by atoms with van der Waals surface area (Å²) in [5.74, 6) is 0.204. The molecule has 2 heterocycles. The zero-order valence-corrected chi connectivity index (χ0v) is 16.4. The van der Waals surface area contributed by atoms with Gasteiger partial charge in [-0.2, -0.15) is 10.2 Å². The van der Waals surface area contributed by atoms with Crippen LogP contribution in [-0.4, -0.2) is 32.0 Å². The number of carbonyl (C=O) groups excluding carboxylic acids is 1. The van der Waals surface area contributed by atoms with Crippen LogP contribution in [0.2, 0.25) is 0 Å². The lowest BCUT2D eigenvalue weighted by molar-refractivity contribution is 0.0945. The molecule has 142 valence electrons. The molecule has 0 saturated carbocycles. The number of aromatic nitrogens is 4. The Morgan fingerprint density at radius 1 is 1.22 bits per heavy atom. The van der Waals surface area contributed by atoms with E-state index in [1.54, 1.807) is 6.20 Å². The van der Waals surface area contributed by atoms with Crippen molar-refractivity contribution in [1.82, 2.24) is 24.9 Å². The molecule has 27 heavy (non-hydrogen) atoms. The minimum Gasteiger partial charge on any atom is -0.352 e. The highest BCUT2D eigenvalue weighted by Gasteiger charge is 2.18. The van der Waals surface area contributed by atoms with Crippen LogP contribution >= 0.6 is 0 Å². The first kappa shape index (κ1) is 18.9. The van der Waals surface area contributed by atoms with E-state index in [4.69, 9.17) is 0 Å². The van der Waals surface area contributed by atoms with E-state index in [0.717, 1.165) is 35.7 Å². The highest BCUT2D eigenvalue weighted by Crippen LogP contribution is 2.16. The van der Waals surface area contributed by atoms with Gasteiger partial charge in [-0.15, -0.1) is 0 Å². The van der Waals surface area contributed by atoms with Gasteiger partial charge in [0.15, 0.2) is 0 Å². The largest absolute Gasteiger partial charge is 0.352 e. The van der Waals surface area contributed by atoms with Crippen molar-refractivity contribution < 1.29 is 4.79 Å². The quantitative estimate of drug-likeness (QED) is 0.698. The second kappa shape index (κ2) is 8.20. The molecule has 1 aromatic carbocycles. The SMILES string of the molecule is CCc1c(C(=O)NCC(C)Cn2nc(C)cc2C)cnn1-c1ccccc1. The van der Waals surface area contributed by atoms with Crippen molar-refractivity contribution >= 4 is 5.91 Å². The molecule has 1 N–H and O–H groups in total. The van der Waals surface area contributed by atoms with Crippen molar-refractivity contribution in [3.63, 3.8) is 0 Å². The van der Waals surface area contributed by atoms with Gasteiger partial charge in [0.2, 0.25) is 0 Å². The number of nitrogens with zero attached hydrogens (tertiary/aromatic N) is 4. The van der Waals surface area contributed by atoms with Gasteiger partial charge < -0.3 is 5.32 Å². The van der Waals surface area contributed by atoms with E-state index in [1.807, 2.05) is 53.5 Å². The summed E-state index contributed by atoms with van der Waals surface area (Å²) in [7, 11) is 0. The van der Waals surface area contributed by atoms with E-state index >= 15 is 0 Å². The first-order chi connectivity index (χ1) is 13.0. The average molecular weight is 365 g/mol. The van der Waals surface area contributed by atoms with E-state index in [9.17, 15) is 4.79 Å².